The second kappa shape index (κ2) is 12.0. The lowest BCUT2D eigenvalue weighted by Crippen LogP contribution is -2.13. The molecule has 0 spiro atoms. The molecule has 0 atom stereocenters. The van der Waals surface area contributed by atoms with Gasteiger partial charge in [-0.3, -0.25) is 4.79 Å². The van der Waals surface area contributed by atoms with Crippen LogP contribution in [0.1, 0.15) is 11.3 Å². The number of anilines is 1. The van der Waals surface area contributed by atoms with Gasteiger partial charge in [-0.25, -0.2) is 0 Å². The molecule has 1 N–H and O–H groups in total. The summed E-state index contributed by atoms with van der Waals surface area (Å²) in [6.45, 7) is 2.17. The molecule has 10 nitrogen and oxygen atoms in total. The number of nitriles is 1. The third-order valence-electron chi connectivity index (χ3n) is 4.67. The molecule has 182 valence electrons. The molecule has 0 aliphatic rings. The fourth-order valence-corrected chi connectivity index (χ4v) is 3.04. The Hall–Kier alpha value is -4.65. The Balaban J connectivity index is 1.72. The van der Waals surface area contributed by atoms with Gasteiger partial charge >= 0.3 is 0 Å². The number of hydrogen-bond acceptors (Lipinski definition) is 9. The van der Waals surface area contributed by atoms with E-state index in [-0.39, 0.29) is 24.6 Å². The molecule has 0 unspecified atom stereocenters. The first-order valence-corrected chi connectivity index (χ1v) is 10.5. The van der Waals surface area contributed by atoms with E-state index in [2.05, 4.69) is 10.5 Å². The van der Waals surface area contributed by atoms with E-state index in [1.807, 2.05) is 24.3 Å². The van der Waals surface area contributed by atoms with Crippen molar-refractivity contribution in [2.45, 2.75) is 6.92 Å². The zero-order valence-electron chi connectivity index (χ0n) is 19.8. The molecule has 10 heteroatoms. The monoisotopic (exact) mass is 479 g/mol. The number of rotatable bonds is 11. The van der Waals surface area contributed by atoms with E-state index in [0.29, 0.717) is 40.1 Å². The van der Waals surface area contributed by atoms with Crippen LogP contribution in [0.15, 0.2) is 52.6 Å². The Labute approximate surface area is 202 Å². The first kappa shape index (κ1) is 25.0. The topological polar surface area (TPSA) is 125 Å². The minimum atomic E-state index is -0.631. The summed E-state index contributed by atoms with van der Waals surface area (Å²) in [5.41, 5.74) is 0.358. The molecule has 1 amide bonds. The van der Waals surface area contributed by atoms with Crippen molar-refractivity contribution in [1.29, 1.82) is 5.26 Å². The quantitative estimate of drug-likeness (QED) is 0.247. The fraction of sp³-hybridized carbons (Fsp3) is 0.240. The molecule has 1 aromatic heterocycles. The van der Waals surface area contributed by atoms with Gasteiger partial charge in [0, 0.05) is 12.1 Å². The molecular formula is C25H25N3O7. The maximum absolute atomic E-state index is 12.5. The number of carbonyl (C=O) groups excluding carboxylic acids is 1. The lowest BCUT2D eigenvalue weighted by Gasteiger charge is -2.16. The van der Waals surface area contributed by atoms with Gasteiger partial charge in [0.25, 0.3) is 5.91 Å². The summed E-state index contributed by atoms with van der Waals surface area (Å²) in [4.78, 5) is 12.5. The average molecular weight is 479 g/mol. The summed E-state index contributed by atoms with van der Waals surface area (Å²) in [5.74, 6) is 2.54. The second-order valence-corrected chi connectivity index (χ2v) is 7.08. The van der Waals surface area contributed by atoms with Crippen LogP contribution in [0.25, 0.3) is 6.08 Å². The molecule has 3 aromatic rings. The van der Waals surface area contributed by atoms with E-state index < -0.39 is 5.91 Å². The number of benzene rings is 2. The summed E-state index contributed by atoms with van der Waals surface area (Å²) < 4.78 is 32.6. The number of aromatic nitrogens is 1. The van der Waals surface area contributed by atoms with Crippen LogP contribution in [-0.4, -0.2) is 45.6 Å². The Morgan fingerprint density at radius 2 is 1.71 bits per heavy atom. The summed E-state index contributed by atoms with van der Waals surface area (Å²) >= 11 is 0. The standard InChI is InChI=1S/C25H25N3O7/c1-16-10-23(28-35-16)27-25(29)18(15-26)11-17-12-21(31-3)24(22(13-17)32-4)34-9-8-33-20-7-5-6-19(14-20)30-2/h5-7,10-14H,8-9H2,1-4H3,(H,27,28,29). The van der Waals surface area contributed by atoms with Crippen molar-refractivity contribution >= 4 is 17.8 Å². The molecule has 0 saturated carbocycles. The van der Waals surface area contributed by atoms with Gasteiger partial charge in [-0.2, -0.15) is 5.26 Å². The SMILES string of the molecule is COc1cccc(OCCOc2c(OC)cc(C=C(C#N)C(=O)Nc3cc(C)on3)cc2OC)c1. The van der Waals surface area contributed by atoms with Crippen LogP contribution >= 0.6 is 0 Å². The number of aryl methyl sites for hydroxylation is 1. The van der Waals surface area contributed by atoms with Crippen molar-refractivity contribution < 1.29 is 33.0 Å². The van der Waals surface area contributed by atoms with Gasteiger partial charge in [-0.15, -0.1) is 0 Å². The van der Waals surface area contributed by atoms with E-state index in [1.54, 1.807) is 38.3 Å². The predicted octanol–water partition coefficient (Wildman–Crippen LogP) is 4.01. The van der Waals surface area contributed by atoms with Gasteiger partial charge in [0.2, 0.25) is 5.75 Å². The predicted molar refractivity (Wildman–Crippen MR) is 127 cm³/mol. The average Bonchev–Trinajstić information content (AvgIpc) is 3.29. The summed E-state index contributed by atoms with van der Waals surface area (Å²) in [5, 5.41) is 15.7. The van der Waals surface area contributed by atoms with Crippen molar-refractivity contribution in [2.24, 2.45) is 0 Å². The molecule has 0 fully saturated rings. The molecule has 0 radical (unpaired) electrons. The van der Waals surface area contributed by atoms with E-state index >= 15 is 0 Å². The maximum Gasteiger partial charge on any atom is 0.267 e. The van der Waals surface area contributed by atoms with Crippen LogP contribution in [-0.2, 0) is 4.79 Å². The number of carbonyl (C=O) groups is 1. The zero-order chi connectivity index (χ0) is 25.2. The first-order chi connectivity index (χ1) is 17.0. The number of ether oxygens (including phenoxy) is 5. The van der Waals surface area contributed by atoms with E-state index in [4.69, 9.17) is 28.2 Å². The molecule has 1 heterocycles. The molecule has 35 heavy (non-hydrogen) atoms. The zero-order valence-corrected chi connectivity index (χ0v) is 19.8. The van der Waals surface area contributed by atoms with Crippen molar-refractivity contribution in [3.63, 3.8) is 0 Å². The highest BCUT2D eigenvalue weighted by molar-refractivity contribution is 6.09. The normalized spacial score (nSPS) is 10.8. The van der Waals surface area contributed by atoms with E-state index in [0.717, 1.165) is 0 Å². The van der Waals surface area contributed by atoms with Crippen LogP contribution in [0.2, 0.25) is 0 Å². The van der Waals surface area contributed by atoms with E-state index in [1.165, 1.54) is 20.3 Å². The number of amides is 1. The third-order valence-corrected chi connectivity index (χ3v) is 4.67. The van der Waals surface area contributed by atoms with E-state index in [9.17, 15) is 10.1 Å². The highest BCUT2D eigenvalue weighted by Gasteiger charge is 2.16. The molecular weight excluding hydrogens is 454 g/mol. The Morgan fingerprint density at radius 3 is 2.31 bits per heavy atom. The van der Waals surface area contributed by atoms with Gasteiger partial charge in [-0.1, -0.05) is 11.2 Å². The summed E-state index contributed by atoms with van der Waals surface area (Å²) in [6, 6.07) is 13.9. The first-order valence-electron chi connectivity index (χ1n) is 10.5. The maximum atomic E-state index is 12.5. The van der Waals surface area contributed by atoms with Crippen molar-refractivity contribution in [2.75, 3.05) is 39.9 Å². The smallest absolute Gasteiger partial charge is 0.267 e. The van der Waals surface area contributed by atoms with Crippen molar-refractivity contribution in [3.05, 3.63) is 59.4 Å². The summed E-state index contributed by atoms with van der Waals surface area (Å²) in [7, 11) is 4.54. The lowest BCUT2D eigenvalue weighted by atomic mass is 10.1. The van der Waals surface area contributed by atoms with Crippen molar-refractivity contribution in [3.8, 4) is 34.8 Å². The minimum Gasteiger partial charge on any atom is -0.497 e. The number of methoxy groups -OCH3 is 3. The number of nitrogens with one attached hydrogen (secondary N) is 1. The minimum absolute atomic E-state index is 0.143. The Bertz CT molecular complexity index is 1220. The molecule has 3 rings (SSSR count). The Morgan fingerprint density at radius 1 is 1.03 bits per heavy atom. The van der Waals surface area contributed by atoms with Crippen molar-refractivity contribution in [1.82, 2.24) is 5.16 Å². The third kappa shape index (κ3) is 6.68. The molecule has 0 saturated heterocycles. The fourth-order valence-electron chi connectivity index (χ4n) is 3.04. The van der Waals surface area contributed by atoms with Gasteiger partial charge in [0.05, 0.1) is 21.3 Å². The number of nitrogens with zero attached hydrogens (tertiary/aromatic N) is 2. The van der Waals surface area contributed by atoms with Gasteiger partial charge in [0.15, 0.2) is 17.3 Å². The number of hydrogen-bond donors (Lipinski definition) is 1. The molecule has 0 aliphatic heterocycles. The van der Waals surface area contributed by atoms with Crippen LogP contribution in [0.5, 0.6) is 28.7 Å². The molecule has 0 aliphatic carbocycles. The highest BCUT2D eigenvalue weighted by Crippen LogP contribution is 2.39. The summed E-state index contributed by atoms with van der Waals surface area (Å²) in [6.07, 6.45) is 1.41. The largest absolute Gasteiger partial charge is 0.497 e. The van der Waals surface area contributed by atoms with Gasteiger partial charge < -0.3 is 33.5 Å². The van der Waals surface area contributed by atoms with Gasteiger partial charge in [-0.05, 0) is 42.8 Å². The van der Waals surface area contributed by atoms with Gasteiger partial charge in [0.1, 0.15) is 42.1 Å². The Kier molecular flexibility index (Phi) is 8.56. The molecule has 2 aromatic carbocycles. The van der Waals surface area contributed by atoms with Crippen LogP contribution in [0.3, 0.4) is 0 Å². The second-order valence-electron chi connectivity index (χ2n) is 7.08. The molecule has 0 bridgehead atoms. The van der Waals surface area contributed by atoms with Crippen LogP contribution in [0.4, 0.5) is 5.82 Å². The highest BCUT2D eigenvalue weighted by atomic mass is 16.6. The van der Waals surface area contributed by atoms with Crippen LogP contribution < -0.4 is 29.0 Å². The lowest BCUT2D eigenvalue weighted by molar-refractivity contribution is -0.112. The van der Waals surface area contributed by atoms with Crippen LogP contribution in [0, 0.1) is 18.3 Å².